The van der Waals surface area contributed by atoms with Gasteiger partial charge in [-0.3, -0.25) is 14.2 Å². The second-order valence-corrected chi connectivity index (χ2v) is 6.85. The molecule has 136 valence electrons. The summed E-state index contributed by atoms with van der Waals surface area (Å²) in [4.78, 5) is 17.4. The first-order valence-electron chi connectivity index (χ1n) is 8.45. The monoisotopic (exact) mass is 371 g/mol. The molecule has 0 bridgehead atoms. The van der Waals surface area contributed by atoms with Crippen LogP contribution in [0.2, 0.25) is 5.15 Å². The molecule has 1 aromatic carbocycles. The number of hydrogen-bond acceptors (Lipinski definition) is 3. The Morgan fingerprint density at radius 3 is 2.42 bits per heavy atom. The van der Waals surface area contributed by atoms with Gasteiger partial charge >= 0.3 is 0 Å². The summed E-state index contributed by atoms with van der Waals surface area (Å²) >= 11 is 6.42. The zero-order chi connectivity index (χ0) is 19.0. The molecule has 7 heteroatoms. The number of hydrogen-bond donors (Lipinski definition) is 0. The zero-order valence-electron chi connectivity index (χ0n) is 15.6. The van der Waals surface area contributed by atoms with Gasteiger partial charge in [-0.25, -0.2) is 9.67 Å². The number of rotatable bonds is 4. The maximum Gasteiger partial charge on any atom is 0.297 e. The van der Waals surface area contributed by atoms with Crippen molar-refractivity contribution in [3.8, 4) is 5.69 Å². The molecule has 0 saturated heterocycles. The van der Waals surface area contributed by atoms with Crippen LogP contribution >= 0.6 is 11.6 Å². The Bertz CT molecular complexity index is 1020. The molecule has 0 aliphatic carbocycles. The third-order valence-electron chi connectivity index (χ3n) is 4.41. The first kappa shape index (κ1) is 18.2. The number of aromatic nitrogens is 4. The molecule has 0 N–H and O–H groups in total. The van der Waals surface area contributed by atoms with Crippen molar-refractivity contribution in [3.05, 3.63) is 62.8 Å². The van der Waals surface area contributed by atoms with E-state index in [-0.39, 0.29) is 11.6 Å². The predicted octanol–water partition coefficient (Wildman–Crippen LogP) is 3.97. The molecule has 2 aromatic heterocycles. The van der Waals surface area contributed by atoms with Crippen LogP contribution in [0.4, 0.5) is 5.69 Å². The number of aryl methyl sites for hydroxylation is 1. The Labute approximate surface area is 157 Å². The standard InChI is InChI=1S/C19H22ClN5O/c1-12(2)24-18(20)16(13(3)22-24)11-21-17-14(4)23(5)25(19(17)26)15-9-7-6-8-10-15/h6-12H,1-5H3. The predicted molar refractivity (Wildman–Crippen MR) is 105 cm³/mol. The lowest BCUT2D eigenvalue weighted by Crippen LogP contribution is -2.19. The second kappa shape index (κ2) is 6.96. The highest BCUT2D eigenvalue weighted by Crippen LogP contribution is 2.23. The molecule has 0 saturated carbocycles. The van der Waals surface area contributed by atoms with Gasteiger partial charge < -0.3 is 0 Å². The highest BCUT2D eigenvalue weighted by molar-refractivity contribution is 6.32. The molecule has 0 amide bonds. The molecule has 26 heavy (non-hydrogen) atoms. The topological polar surface area (TPSA) is 57.1 Å². The molecule has 0 spiro atoms. The quantitative estimate of drug-likeness (QED) is 0.651. The molecular formula is C19H22ClN5O. The van der Waals surface area contributed by atoms with Gasteiger partial charge in [0.15, 0.2) is 5.69 Å². The van der Waals surface area contributed by atoms with E-state index < -0.39 is 0 Å². The average Bonchev–Trinajstić information content (AvgIpc) is 3.01. The van der Waals surface area contributed by atoms with E-state index in [1.165, 1.54) is 0 Å². The van der Waals surface area contributed by atoms with E-state index in [2.05, 4.69) is 10.1 Å². The summed E-state index contributed by atoms with van der Waals surface area (Å²) < 4.78 is 5.16. The first-order chi connectivity index (χ1) is 12.3. The molecule has 0 unspecified atom stereocenters. The van der Waals surface area contributed by atoms with Crippen LogP contribution in [-0.4, -0.2) is 25.4 Å². The Kier molecular flexibility index (Phi) is 4.87. The van der Waals surface area contributed by atoms with Gasteiger partial charge in [0.1, 0.15) is 5.15 Å². The van der Waals surface area contributed by atoms with Gasteiger partial charge in [0.05, 0.1) is 22.6 Å². The van der Waals surface area contributed by atoms with Gasteiger partial charge in [-0.05, 0) is 39.8 Å². The molecule has 0 aliphatic heterocycles. The highest BCUT2D eigenvalue weighted by Gasteiger charge is 2.17. The van der Waals surface area contributed by atoms with Crippen LogP contribution in [0.3, 0.4) is 0 Å². The minimum atomic E-state index is -0.169. The van der Waals surface area contributed by atoms with E-state index in [1.807, 2.05) is 65.1 Å². The van der Waals surface area contributed by atoms with Crippen LogP contribution in [0.25, 0.3) is 5.69 Å². The van der Waals surface area contributed by atoms with Crippen molar-refractivity contribution >= 4 is 23.5 Å². The van der Waals surface area contributed by atoms with Crippen molar-refractivity contribution < 1.29 is 0 Å². The lowest BCUT2D eigenvalue weighted by Gasteiger charge is -2.07. The minimum Gasteiger partial charge on any atom is -0.283 e. The highest BCUT2D eigenvalue weighted by atomic mass is 35.5. The Hall–Kier alpha value is -2.60. The number of nitrogens with zero attached hydrogens (tertiary/aromatic N) is 5. The van der Waals surface area contributed by atoms with Crippen LogP contribution in [0.15, 0.2) is 40.1 Å². The number of aliphatic imine (C=N–C) groups is 1. The normalized spacial score (nSPS) is 11.8. The van der Waals surface area contributed by atoms with E-state index in [9.17, 15) is 4.79 Å². The average molecular weight is 372 g/mol. The molecule has 2 heterocycles. The fourth-order valence-electron chi connectivity index (χ4n) is 2.85. The summed E-state index contributed by atoms with van der Waals surface area (Å²) in [6.07, 6.45) is 1.63. The summed E-state index contributed by atoms with van der Waals surface area (Å²) in [5, 5.41) is 4.97. The third kappa shape index (κ3) is 3.01. The Morgan fingerprint density at radius 2 is 1.85 bits per heavy atom. The van der Waals surface area contributed by atoms with Crippen molar-refractivity contribution in [2.45, 2.75) is 33.7 Å². The van der Waals surface area contributed by atoms with Crippen molar-refractivity contribution in [2.24, 2.45) is 12.0 Å². The van der Waals surface area contributed by atoms with Crippen molar-refractivity contribution in [3.63, 3.8) is 0 Å². The number of benzene rings is 1. The first-order valence-corrected chi connectivity index (χ1v) is 8.83. The van der Waals surface area contributed by atoms with E-state index in [4.69, 9.17) is 11.6 Å². The Morgan fingerprint density at radius 1 is 1.19 bits per heavy atom. The summed E-state index contributed by atoms with van der Waals surface area (Å²) in [5.74, 6) is 0. The molecule has 0 aliphatic rings. The van der Waals surface area contributed by atoms with Crippen LogP contribution in [0.1, 0.15) is 36.8 Å². The van der Waals surface area contributed by atoms with Gasteiger partial charge in [0, 0.05) is 19.3 Å². The third-order valence-corrected chi connectivity index (χ3v) is 4.78. The summed E-state index contributed by atoms with van der Waals surface area (Å²) in [7, 11) is 1.85. The molecule has 0 atom stereocenters. The lowest BCUT2D eigenvalue weighted by molar-refractivity contribution is 0.530. The van der Waals surface area contributed by atoms with Crippen molar-refractivity contribution in [2.75, 3.05) is 0 Å². The van der Waals surface area contributed by atoms with Gasteiger partial charge in [0.2, 0.25) is 0 Å². The largest absolute Gasteiger partial charge is 0.297 e. The lowest BCUT2D eigenvalue weighted by atomic mass is 10.3. The number of halogens is 1. The van der Waals surface area contributed by atoms with Gasteiger partial charge in [-0.1, -0.05) is 29.8 Å². The van der Waals surface area contributed by atoms with Gasteiger partial charge in [0.25, 0.3) is 5.56 Å². The molecule has 3 aromatic rings. The van der Waals surface area contributed by atoms with Crippen LogP contribution in [0, 0.1) is 13.8 Å². The van der Waals surface area contributed by atoms with E-state index >= 15 is 0 Å². The van der Waals surface area contributed by atoms with E-state index in [0.717, 1.165) is 22.6 Å². The van der Waals surface area contributed by atoms with Gasteiger partial charge in [-0.2, -0.15) is 5.10 Å². The van der Waals surface area contributed by atoms with Gasteiger partial charge in [-0.15, -0.1) is 0 Å². The molecule has 0 radical (unpaired) electrons. The van der Waals surface area contributed by atoms with Crippen LogP contribution in [0.5, 0.6) is 0 Å². The van der Waals surface area contributed by atoms with E-state index in [0.29, 0.717) is 10.8 Å². The van der Waals surface area contributed by atoms with Crippen molar-refractivity contribution in [1.82, 2.24) is 19.1 Å². The molecular weight excluding hydrogens is 350 g/mol. The number of para-hydroxylation sites is 1. The maximum atomic E-state index is 12.9. The zero-order valence-corrected chi connectivity index (χ0v) is 16.3. The summed E-state index contributed by atoms with van der Waals surface area (Å²) in [6, 6.07) is 9.65. The summed E-state index contributed by atoms with van der Waals surface area (Å²) in [6.45, 7) is 7.78. The fraction of sp³-hybridized carbons (Fsp3) is 0.316. The smallest absolute Gasteiger partial charge is 0.283 e. The van der Waals surface area contributed by atoms with Crippen molar-refractivity contribution in [1.29, 1.82) is 0 Å². The molecule has 6 nitrogen and oxygen atoms in total. The van der Waals surface area contributed by atoms with Crippen LogP contribution < -0.4 is 5.56 Å². The summed E-state index contributed by atoms with van der Waals surface area (Å²) in [5.41, 5.74) is 3.31. The van der Waals surface area contributed by atoms with E-state index in [1.54, 1.807) is 20.3 Å². The van der Waals surface area contributed by atoms with Crippen LogP contribution in [-0.2, 0) is 7.05 Å². The maximum absolute atomic E-state index is 12.9. The minimum absolute atomic E-state index is 0.150. The molecule has 3 rings (SSSR count). The SMILES string of the molecule is Cc1nn(C(C)C)c(Cl)c1C=Nc1c(C)n(C)n(-c2ccccc2)c1=O. The Balaban J connectivity index is 2.08. The second-order valence-electron chi connectivity index (χ2n) is 6.50. The fourth-order valence-corrected chi connectivity index (χ4v) is 3.27. The molecule has 0 fully saturated rings.